The van der Waals surface area contributed by atoms with E-state index in [-0.39, 0.29) is 11.9 Å². The van der Waals surface area contributed by atoms with Gasteiger partial charge in [0.15, 0.2) is 0 Å². The number of pyridine rings is 1. The van der Waals surface area contributed by atoms with Gasteiger partial charge in [-0.1, -0.05) is 36.5 Å². The fourth-order valence-corrected chi connectivity index (χ4v) is 4.86. The van der Waals surface area contributed by atoms with Crippen LogP contribution in [0.1, 0.15) is 45.4 Å². The first-order valence-corrected chi connectivity index (χ1v) is 12.3. The van der Waals surface area contributed by atoms with Gasteiger partial charge in [0.1, 0.15) is 17.1 Å². The summed E-state index contributed by atoms with van der Waals surface area (Å²) in [6.45, 7) is 6.60. The van der Waals surface area contributed by atoms with Crippen molar-refractivity contribution < 1.29 is 14.4 Å². The molecule has 2 saturated heterocycles. The Morgan fingerprint density at radius 1 is 1.12 bits per heavy atom. The van der Waals surface area contributed by atoms with Crippen LogP contribution in [0.15, 0.2) is 23.5 Å². The number of nitrogens with zero attached hydrogens (tertiary/aromatic N) is 5. The van der Waals surface area contributed by atoms with Crippen LogP contribution >= 0.6 is 11.6 Å². The molecule has 9 nitrogen and oxygen atoms in total. The summed E-state index contributed by atoms with van der Waals surface area (Å²) in [5.74, 6) is 0.697. The first-order chi connectivity index (χ1) is 16.0. The molecule has 4 rings (SSSR count). The van der Waals surface area contributed by atoms with Gasteiger partial charge >= 0.3 is 6.03 Å². The predicted octanol–water partition coefficient (Wildman–Crippen LogP) is 2.89. The van der Waals surface area contributed by atoms with Crippen LogP contribution in [-0.2, 0) is 9.63 Å². The summed E-state index contributed by atoms with van der Waals surface area (Å²) < 4.78 is 0. The number of carbonyl (C=O) groups is 2. The predicted molar refractivity (Wildman–Crippen MR) is 128 cm³/mol. The van der Waals surface area contributed by atoms with Crippen molar-refractivity contribution >= 4 is 35.1 Å². The van der Waals surface area contributed by atoms with Gasteiger partial charge in [0.2, 0.25) is 0 Å². The van der Waals surface area contributed by atoms with Crippen LogP contribution in [0.4, 0.5) is 10.6 Å². The number of piperazine rings is 1. The van der Waals surface area contributed by atoms with Crippen molar-refractivity contribution in [3.63, 3.8) is 0 Å². The number of halogens is 1. The molecule has 0 saturated carbocycles. The summed E-state index contributed by atoms with van der Waals surface area (Å²) in [7, 11) is 0. The molecule has 33 heavy (non-hydrogen) atoms. The summed E-state index contributed by atoms with van der Waals surface area (Å²) in [4.78, 5) is 41.3. The molecule has 1 N–H and O–H groups in total. The van der Waals surface area contributed by atoms with Crippen LogP contribution in [-0.4, -0.2) is 83.8 Å². The highest BCUT2D eigenvalue weighted by Gasteiger charge is 2.45. The van der Waals surface area contributed by atoms with E-state index in [0.29, 0.717) is 75.8 Å². The maximum absolute atomic E-state index is 13.1. The Morgan fingerprint density at radius 3 is 2.58 bits per heavy atom. The van der Waals surface area contributed by atoms with Crippen LogP contribution in [0.25, 0.3) is 0 Å². The van der Waals surface area contributed by atoms with Gasteiger partial charge < -0.3 is 24.9 Å². The number of carbonyl (C=O) groups excluding carboxylic acids is 2. The van der Waals surface area contributed by atoms with Crippen LogP contribution in [0, 0.1) is 0 Å². The minimum Gasteiger partial charge on any atom is -0.388 e. The molecule has 1 aromatic heterocycles. The lowest BCUT2D eigenvalue weighted by Gasteiger charge is -2.37. The standard InChI is InChI=1S/C23H33ClN6O3/c1-2-3-4-9-26-22(32)30-11-7-23(8-12-30)17-19(27-33-23)21(31)29-15-13-28(14-16-29)20-18(24)6-5-10-25-20/h5-6,10H,2-4,7-9,11-17H2,1H3,(H,26,32). The topological polar surface area (TPSA) is 90.4 Å². The maximum Gasteiger partial charge on any atom is 0.317 e. The lowest BCUT2D eigenvalue weighted by atomic mass is 9.86. The van der Waals surface area contributed by atoms with Gasteiger partial charge in [-0.05, 0) is 18.6 Å². The zero-order chi connectivity index (χ0) is 23.3. The number of hydrogen-bond donors (Lipinski definition) is 1. The molecule has 0 aliphatic carbocycles. The second-order valence-corrected chi connectivity index (χ2v) is 9.41. The number of oxime groups is 1. The van der Waals surface area contributed by atoms with E-state index in [1.807, 2.05) is 21.9 Å². The van der Waals surface area contributed by atoms with E-state index >= 15 is 0 Å². The molecule has 0 aromatic carbocycles. The fourth-order valence-electron chi connectivity index (χ4n) is 4.62. The number of urea groups is 1. The van der Waals surface area contributed by atoms with Gasteiger partial charge in [0, 0.05) is 71.3 Å². The van der Waals surface area contributed by atoms with E-state index in [2.05, 4.69) is 27.3 Å². The Labute approximate surface area is 200 Å². The molecule has 0 unspecified atom stereocenters. The van der Waals surface area contributed by atoms with Crippen LogP contribution < -0.4 is 10.2 Å². The normalized spacial score (nSPS) is 19.9. The molecule has 4 heterocycles. The maximum atomic E-state index is 13.1. The molecule has 180 valence electrons. The molecule has 1 spiro atoms. The second kappa shape index (κ2) is 10.6. The van der Waals surface area contributed by atoms with Crippen LogP contribution in [0.2, 0.25) is 5.02 Å². The number of amides is 3. The largest absolute Gasteiger partial charge is 0.388 e. The molecule has 0 atom stereocenters. The van der Waals surface area contributed by atoms with Crippen molar-refractivity contribution in [3.05, 3.63) is 23.4 Å². The molecular formula is C23H33ClN6O3. The Morgan fingerprint density at radius 2 is 1.88 bits per heavy atom. The lowest BCUT2D eigenvalue weighted by molar-refractivity contribution is -0.124. The van der Waals surface area contributed by atoms with Gasteiger partial charge in [0.05, 0.1) is 5.02 Å². The number of unbranched alkanes of at least 4 members (excludes halogenated alkanes) is 2. The zero-order valence-electron chi connectivity index (χ0n) is 19.3. The molecule has 1 aromatic rings. The van der Waals surface area contributed by atoms with Crippen molar-refractivity contribution in [1.82, 2.24) is 20.1 Å². The average molecular weight is 477 g/mol. The molecule has 3 aliphatic rings. The van der Waals surface area contributed by atoms with E-state index in [4.69, 9.17) is 16.4 Å². The minimum absolute atomic E-state index is 0.0120. The Hall–Kier alpha value is -2.55. The number of aromatic nitrogens is 1. The summed E-state index contributed by atoms with van der Waals surface area (Å²) in [5, 5.41) is 7.79. The van der Waals surface area contributed by atoms with Gasteiger partial charge in [-0.2, -0.15) is 0 Å². The third-order valence-electron chi connectivity index (χ3n) is 6.71. The highest BCUT2D eigenvalue weighted by Crippen LogP contribution is 2.35. The number of anilines is 1. The minimum atomic E-state index is -0.465. The first-order valence-electron chi connectivity index (χ1n) is 11.9. The lowest BCUT2D eigenvalue weighted by Crippen LogP contribution is -2.52. The van der Waals surface area contributed by atoms with E-state index in [1.165, 1.54) is 0 Å². The summed E-state index contributed by atoms with van der Waals surface area (Å²) in [5.41, 5.74) is 0.0181. The van der Waals surface area contributed by atoms with Crippen molar-refractivity contribution in [2.75, 3.05) is 50.7 Å². The Bertz CT molecular complexity index is 879. The number of hydrogen-bond acceptors (Lipinski definition) is 6. The van der Waals surface area contributed by atoms with E-state index < -0.39 is 5.60 Å². The van der Waals surface area contributed by atoms with Gasteiger partial charge in [-0.25, -0.2) is 9.78 Å². The van der Waals surface area contributed by atoms with Crippen molar-refractivity contribution in [2.24, 2.45) is 5.16 Å². The summed E-state index contributed by atoms with van der Waals surface area (Å²) in [6.07, 6.45) is 6.86. The second-order valence-electron chi connectivity index (χ2n) is 9.00. The molecular weight excluding hydrogens is 444 g/mol. The van der Waals surface area contributed by atoms with E-state index in [9.17, 15) is 9.59 Å². The monoisotopic (exact) mass is 476 g/mol. The van der Waals surface area contributed by atoms with Crippen molar-refractivity contribution in [3.8, 4) is 0 Å². The van der Waals surface area contributed by atoms with Crippen molar-refractivity contribution in [2.45, 2.75) is 51.0 Å². The summed E-state index contributed by atoms with van der Waals surface area (Å²) in [6, 6.07) is 3.62. The molecule has 0 radical (unpaired) electrons. The molecule has 3 amide bonds. The van der Waals surface area contributed by atoms with E-state index in [1.54, 1.807) is 6.20 Å². The smallest absolute Gasteiger partial charge is 0.317 e. The Kier molecular flexibility index (Phi) is 7.57. The number of piperidine rings is 1. The van der Waals surface area contributed by atoms with Gasteiger partial charge in [0.25, 0.3) is 5.91 Å². The molecule has 3 aliphatic heterocycles. The van der Waals surface area contributed by atoms with Gasteiger partial charge in [-0.15, -0.1) is 0 Å². The number of rotatable bonds is 6. The van der Waals surface area contributed by atoms with Crippen LogP contribution in [0.5, 0.6) is 0 Å². The quantitative estimate of drug-likeness (QED) is 0.637. The average Bonchev–Trinajstić information content (AvgIpc) is 3.25. The first kappa shape index (κ1) is 23.6. The van der Waals surface area contributed by atoms with E-state index in [0.717, 1.165) is 25.1 Å². The van der Waals surface area contributed by atoms with Gasteiger partial charge in [-0.3, -0.25) is 4.79 Å². The summed E-state index contributed by atoms with van der Waals surface area (Å²) >= 11 is 6.26. The number of nitrogens with one attached hydrogen (secondary N) is 1. The highest BCUT2D eigenvalue weighted by atomic mass is 35.5. The fraction of sp³-hybridized carbons (Fsp3) is 0.652. The van der Waals surface area contributed by atoms with Crippen molar-refractivity contribution in [1.29, 1.82) is 0 Å². The SMILES string of the molecule is CCCCCNC(=O)N1CCC2(CC1)CC(C(=O)N1CCN(c3ncccc3Cl)CC1)=NO2. The molecule has 0 bridgehead atoms. The Balaban J connectivity index is 1.23. The van der Waals surface area contributed by atoms with Crippen LogP contribution in [0.3, 0.4) is 0 Å². The highest BCUT2D eigenvalue weighted by molar-refractivity contribution is 6.39. The number of likely N-dealkylation sites (tertiary alicyclic amines) is 1. The third kappa shape index (κ3) is 5.51. The molecule has 2 fully saturated rings. The zero-order valence-corrected chi connectivity index (χ0v) is 20.0. The third-order valence-corrected chi connectivity index (χ3v) is 7.00. The molecule has 10 heteroatoms.